The molecule has 2 aliphatic heterocycles. The standard InChI is InChI=1S/C35H59N3O10/c1-10-34(6,32(43)46-21-27(40)20-38(8,9)16-12-14-36-31(42)24(2)3)18-28(48-26(5)39)19-35(7,33(44)47-23-29-22-45-29)17-25(4)37-15-11-13-30(37)41/h25,27-29,40H,2,10-23H2,1,3-9H3/p+1. The smallest absolute Gasteiger partial charge is 0.312 e. The highest BCUT2D eigenvalue weighted by molar-refractivity contribution is 5.92. The van der Waals surface area contributed by atoms with Crippen LogP contribution in [-0.2, 0) is 42.9 Å². The highest BCUT2D eigenvalue weighted by Gasteiger charge is 2.45. The number of hydrogen-bond donors (Lipinski definition) is 2. The summed E-state index contributed by atoms with van der Waals surface area (Å²) in [5.74, 6) is -1.72. The number of carbonyl (C=O) groups excluding carboxylic acids is 5. The molecule has 0 aromatic rings. The first-order valence-electron chi connectivity index (χ1n) is 17.2. The van der Waals surface area contributed by atoms with Crippen LogP contribution in [-0.4, -0.2) is 129 Å². The molecule has 2 amide bonds. The third kappa shape index (κ3) is 13.5. The summed E-state index contributed by atoms with van der Waals surface area (Å²) in [5.41, 5.74) is -1.78. The monoisotopic (exact) mass is 682 g/mol. The minimum absolute atomic E-state index is 0.0406. The van der Waals surface area contributed by atoms with Crippen LogP contribution in [0.5, 0.6) is 0 Å². The van der Waals surface area contributed by atoms with Crippen molar-refractivity contribution >= 4 is 29.7 Å². The van der Waals surface area contributed by atoms with Crippen molar-refractivity contribution in [2.75, 3.05) is 60.1 Å². The Balaban J connectivity index is 2.08. The van der Waals surface area contributed by atoms with Crippen LogP contribution in [0.2, 0.25) is 0 Å². The SMILES string of the molecule is C=C(C)C(=O)NCCC[N+](C)(C)CC(O)COC(=O)C(C)(CC)CC(CC(C)(CC(C)N1CCCC1=O)C(=O)OCC1CO1)OC(C)=O. The topological polar surface area (TPSA) is 161 Å². The Bertz CT molecular complexity index is 1160. The van der Waals surface area contributed by atoms with E-state index in [9.17, 15) is 29.1 Å². The van der Waals surface area contributed by atoms with Gasteiger partial charge in [0.1, 0.15) is 38.1 Å². The largest absolute Gasteiger partial charge is 0.462 e. The number of hydrogen-bond acceptors (Lipinski definition) is 10. The normalized spacial score (nSPS) is 20.5. The molecule has 2 fully saturated rings. The lowest BCUT2D eigenvalue weighted by atomic mass is 9.74. The minimum Gasteiger partial charge on any atom is -0.462 e. The van der Waals surface area contributed by atoms with Gasteiger partial charge in [0, 0.05) is 57.3 Å². The van der Waals surface area contributed by atoms with Crippen molar-refractivity contribution in [2.24, 2.45) is 10.8 Å². The number of aliphatic hydroxyl groups excluding tert-OH is 1. The first-order chi connectivity index (χ1) is 22.3. The molecule has 48 heavy (non-hydrogen) atoms. The summed E-state index contributed by atoms with van der Waals surface area (Å²) in [6.45, 7) is 16.3. The number of epoxide rings is 1. The number of amides is 2. The summed E-state index contributed by atoms with van der Waals surface area (Å²) in [4.78, 5) is 65.3. The summed E-state index contributed by atoms with van der Waals surface area (Å²) >= 11 is 0. The summed E-state index contributed by atoms with van der Waals surface area (Å²) < 4.78 is 22.7. The molecule has 0 saturated carbocycles. The van der Waals surface area contributed by atoms with E-state index in [1.54, 1.807) is 25.7 Å². The highest BCUT2D eigenvalue weighted by Crippen LogP contribution is 2.39. The fraction of sp³-hybridized carbons (Fsp3) is 0.800. The molecule has 6 unspecified atom stereocenters. The summed E-state index contributed by atoms with van der Waals surface area (Å²) in [5, 5.41) is 13.6. The maximum absolute atomic E-state index is 13.6. The Labute approximate surface area is 286 Å². The quantitative estimate of drug-likeness (QED) is 0.0434. The summed E-state index contributed by atoms with van der Waals surface area (Å²) in [7, 11) is 3.90. The van der Waals surface area contributed by atoms with Gasteiger partial charge in [0.05, 0.1) is 38.1 Å². The van der Waals surface area contributed by atoms with Gasteiger partial charge in [-0.3, -0.25) is 24.0 Å². The first kappa shape index (κ1) is 41.1. The van der Waals surface area contributed by atoms with Crippen LogP contribution < -0.4 is 5.32 Å². The van der Waals surface area contributed by atoms with E-state index in [1.165, 1.54) is 6.92 Å². The number of nitrogens with zero attached hydrogens (tertiary/aromatic N) is 2. The zero-order valence-electron chi connectivity index (χ0n) is 30.4. The molecule has 0 aromatic carbocycles. The zero-order chi connectivity index (χ0) is 36.3. The summed E-state index contributed by atoms with van der Waals surface area (Å²) in [6.07, 6.45) is 0.837. The summed E-state index contributed by atoms with van der Waals surface area (Å²) in [6, 6.07) is -0.255. The van der Waals surface area contributed by atoms with Gasteiger partial charge in [-0.25, -0.2) is 0 Å². The molecular weight excluding hydrogens is 622 g/mol. The van der Waals surface area contributed by atoms with E-state index in [0.717, 1.165) is 6.42 Å². The molecule has 13 nitrogen and oxygen atoms in total. The van der Waals surface area contributed by atoms with Crippen molar-refractivity contribution in [3.63, 3.8) is 0 Å². The van der Waals surface area contributed by atoms with Crippen molar-refractivity contribution in [3.8, 4) is 0 Å². The van der Waals surface area contributed by atoms with E-state index in [0.29, 0.717) is 62.1 Å². The third-order valence-corrected chi connectivity index (χ3v) is 9.37. The minimum atomic E-state index is -1.14. The Morgan fingerprint density at radius 2 is 1.73 bits per heavy atom. The number of likely N-dealkylation sites (tertiary alicyclic amines) is 1. The number of esters is 3. The van der Waals surface area contributed by atoms with Gasteiger partial charge in [0.2, 0.25) is 11.8 Å². The molecule has 0 bridgehead atoms. The molecule has 6 atom stereocenters. The van der Waals surface area contributed by atoms with Crippen LogP contribution >= 0.6 is 0 Å². The van der Waals surface area contributed by atoms with E-state index in [4.69, 9.17) is 18.9 Å². The maximum Gasteiger partial charge on any atom is 0.312 e. The van der Waals surface area contributed by atoms with Gasteiger partial charge in [-0.15, -0.1) is 0 Å². The Morgan fingerprint density at radius 3 is 2.27 bits per heavy atom. The van der Waals surface area contributed by atoms with Gasteiger partial charge in [0.25, 0.3) is 0 Å². The molecule has 2 saturated heterocycles. The number of nitrogens with one attached hydrogen (secondary N) is 1. The molecule has 13 heteroatoms. The molecule has 2 heterocycles. The van der Waals surface area contributed by atoms with E-state index in [-0.39, 0.29) is 56.4 Å². The molecule has 0 spiro atoms. The van der Waals surface area contributed by atoms with Gasteiger partial charge in [-0.1, -0.05) is 13.5 Å². The number of aliphatic hydroxyl groups is 1. The average molecular weight is 683 g/mol. The predicted octanol–water partition coefficient (Wildman–Crippen LogP) is 2.53. The molecule has 0 aliphatic carbocycles. The van der Waals surface area contributed by atoms with Crippen molar-refractivity contribution in [3.05, 3.63) is 12.2 Å². The average Bonchev–Trinajstić information content (AvgIpc) is 3.72. The van der Waals surface area contributed by atoms with Crippen LogP contribution in [0.1, 0.15) is 86.5 Å². The fourth-order valence-electron chi connectivity index (χ4n) is 6.34. The van der Waals surface area contributed by atoms with E-state index in [2.05, 4.69) is 11.9 Å². The van der Waals surface area contributed by atoms with E-state index in [1.807, 2.05) is 27.9 Å². The lowest BCUT2D eigenvalue weighted by molar-refractivity contribution is -0.893. The van der Waals surface area contributed by atoms with Crippen LogP contribution in [0.4, 0.5) is 0 Å². The molecular formula is C35H60N3O10+. The molecule has 0 aromatic heterocycles. The number of rotatable bonds is 22. The van der Waals surface area contributed by atoms with Crippen LogP contribution in [0.15, 0.2) is 12.2 Å². The van der Waals surface area contributed by atoms with Gasteiger partial charge < -0.3 is 38.8 Å². The highest BCUT2D eigenvalue weighted by atomic mass is 16.6. The second kappa shape index (κ2) is 18.1. The number of ether oxygens (including phenoxy) is 4. The lowest BCUT2D eigenvalue weighted by Gasteiger charge is -2.38. The van der Waals surface area contributed by atoms with E-state index >= 15 is 0 Å². The lowest BCUT2D eigenvalue weighted by Crippen LogP contribution is -2.48. The van der Waals surface area contributed by atoms with Crippen molar-refractivity contribution in [2.45, 2.75) is 111 Å². The molecule has 0 radical (unpaired) electrons. The van der Waals surface area contributed by atoms with E-state index < -0.39 is 40.9 Å². The maximum atomic E-state index is 13.6. The van der Waals surface area contributed by atoms with Gasteiger partial charge >= 0.3 is 17.9 Å². The molecule has 274 valence electrons. The van der Waals surface area contributed by atoms with Crippen molar-refractivity contribution < 1.29 is 52.5 Å². The van der Waals surface area contributed by atoms with Gasteiger partial charge in [-0.2, -0.15) is 0 Å². The predicted molar refractivity (Wildman–Crippen MR) is 178 cm³/mol. The van der Waals surface area contributed by atoms with Gasteiger partial charge in [-0.05, 0) is 47.0 Å². The third-order valence-electron chi connectivity index (χ3n) is 9.37. The zero-order valence-corrected chi connectivity index (χ0v) is 30.4. The second-order valence-electron chi connectivity index (χ2n) is 14.9. The first-order valence-corrected chi connectivity index (χ1v) is 17.2. The fourth-order valence-corrected chi connectivity index (χ4v) is 6.34. The van der Waals surface area contributed by atoms with Crippen molar-refractivity contribution in [1.29, 1.82) is 0 Å². The number of likely N-dealkylation sites (N-methyl/N-ethyl adjacent to an activating group) is 1. The van der Waals surface area contributed by atoms with Gasteiger partial charge in [0.15, 0.2) is 0 Å². The molecule has 2 aliphatic rings. The second-order valence-corrected chi connectivity index (χ2v) is 14.9. The van der Waals surface area contributed by atoms with Crippen LogP contribution in [0.3, 0.4) is 0 Å². The Hall–Kier alpha value is -3.03. The van der Waals surface area contributed by atoms with Crippen LogP contribution in [0.25, 0.3) is 0 Å². The Kier molecular flexibility index (Phi) is 15.5. The molecule has 2 N–H and O–H groups in total. The van der Waals surface area contributed by atoms with Crippen molar-refractivity contribution in [1.82, 2.24) is 10.2 Å². The van der Waals surface area contributed by atoms with Crippen LogP contribution in [0, 0.1) is 10.8 Å². The molecule has 2 rings (SSSR count). The Morgan fingerprint density at radius 1 is 1.10 bits per heavy atom. The number of carbonyl (C=O) groups is 5. The number of quaternary nitrogens is 1.